The van der Waals surface area contributed by atoms with E-state index >= 15 is 0 Å². The Labute approximate surface area is 97.6 Å². The second-order valence-corrected chi connectivity index (χ2v) is 5.35. The van der Waals surface area contributed by atoms with Gasteiger partial charge in [-0.25, -0.2) is 0 Å². The van der Waals surface area contributed by atoms with Crippen molar-refractivity contribution >= 4 is 0 Å². The highest BCUT2D eigenvalue weighted by Crippen LogP contribution is 2.32. The molecule has 16 heavy (non-hydrogen) atoms. The Morgan fingerprint density at radius 1 is 1.38 bits per heavy atom. The van der Waals surface area contributed by atoms with E-state index in [9.17, 15) is 0 Å². The van der Waals surface area contributed by atoms with Crippen molar-refractivity contribution in [1.29, 1.82) is 0 Å². The maximum absolute atomic E-state index is 5.78. The predicted molar refractivity (Wildman–Crippen MR) is 64.1 cm³/mol. The monoisotopic (exact) mass is 220 g/mol. The highest BCUT2D eigenvalue weighted by molar-refractivity contribution is 5.24. The van der Waals surface area contributed by atoms with E-state index in [4.69, 9.17) is 9.47 Å². The fraction of sp³-hybridized carbons (Fsp3) is 0.571. The smallest absolute Gasteiger partial charge is 0.158 e. The van der Waals surface area contributed by atoms with Crippen LogP contribution in [-0.2, 0) is 16.1 Å². The van der Waals surface area contributed by atoms with Crippen LogP contribution in [0.3, 0.4) is 0 Å². The van der Waals surface area contributed by atoms with Gasteiger partial charge in [0.25, 0.3) is 0 Å². The van der Waals surface area contributed by atoms with Crippen molar-refractivity contribution in [2.24, 2.45) is 5.41 Å². The Bertz CT molecular complexity index is 358. The SMILES string of the molecule is Cc1ccccc1COC1CC(C)(C)CO1. The van der Waals surface area contributed by atoms with Gasteiger partial charge >= 0.3 is 0 Å². The molecule has 0 spiro atoms. The second kappa shape index (κ2) is 4.56. The molecule has 0 radical (unpaired) electrons. The number of aryl methyl sites for hydroxylation is 1. The molecular weight excluding hydrogens is 200 g/mol. The molecule has 1 aromatic carbocycles. The highest BCUT2D eigenvalue weighted by Gasteiger charge is 2.32. The quantitative estimate of drug-likeness (QED) is 0.778. The lowest BCUT2D eigenvalue weighted by Crippen LogP contribution is -2.13. The molecule has 0 N–H and O–H groups in total. The number of rotatable bonds is 3. The van der Waals surface area contributed by atoms with Crippen LogP contribution in [0.4, 0.5) is 0 Å². The Morgan fingerprint density at radius 2 is 2.12 bits per heavy atom. The zero-order valence-electron chi connectivity index (χ0n) is 10.3. The molecule has 1 atom stereocenters. The van der Waals surface area contributed by atoms with E-state index in [1.54, 1.807) is 0 Å². The lowest BCUT2D eigenvalue weighted by Gasteiger charge is -2.14. The van der Waals surface area contributed by atoms with Gasteiger partial charge < -0.3 is 9.47 Å². The first kappa shape index (κ1) is 11.6. The van der Waals surface area contributed by atoms with Gasteiger partial charge in [0, 0.05) is 6.42 Å². The van der Waals surface area contributed by atoms with Crippen LogP contribution in [-0.4, -0.2) is 12.9 Å². The lowest BCUT2D eigenvalue weighted by atomic mass is 9.93. The molecule has 1 heterocycles. The minimum Gasteiger partial charge on any atom is -0.352 e. The van der Waals surface area contributed by atoms with Gasteiger partial charge in [-0.1, -0.05) is 38.1 Å². The van der Waals surface area contributed by atoms with Gasteiger partial charge in [-0.2, -0.15) is 0 Å². The summed E-state index contributed by atoms with van der Waals surface area (Å²) in [5.74, 6) is 0. The Balaban J connectivity index is 1.87. The molecule has 2 rings (SSSR count). The summed E-state index contributed by atoms with van der Waals surface area (Å²) in [4.78, 5) is 0. The maximum atomic E-state index is 5.78. The average Bonchev–Trinajstić information content (AvgIpc) is 2.57. The number of hydrogen-bond acceptors (Lipinski definition) is 2. The Kier molecular flexibility index (Phi) is 3.31. The third kappa shape index (κ3) is 2.83. The second-order valence-electron chi connectivity index (χ2n) is 5.35. The van der Waals surface area contributed by atoms with Crippen LogP contribution in [0.1, 0.15) is 31.4 Å². The Hall–Kier alpha value is -0.860. The predicted octanol–water partition coefficient (Wildman–Crippen LogP) is 3.28. The summed E-state index contributed by atoms with van der Waals surface area (Å²) < 4.78 is 11.4. The van der Waals surface area contributed by atoms with Crippen molar-refractivity contribution in [3.63, 3.8) is 0 Å². The lowest BCUT2D eigenvalue weighted by molar-refractivity contribution is -0.119. The van der Waals surface area contributed by atoms with Gasteiger partial charge in [-0.05, 0) is 23.5 Å². The third-order valence-electron chi connectivity index (χ3n) is 3.07. The fourth-order valence-corrected chi connectivity index (χ4v) is 1.95. The summed E-state index contributed by atoms with van der Waals surface area (Å²) in [6.45, 7) is 7.98. The van der Waals surface area contributed by atoms with Crippen LogP contribution in [0, 0.1) is 12.3 Å². The molecule has 1 aliphatic rings. The van der Waals surface area contributed by atoms with Gasteiger partial charge in [-0.3, -0.25) is 0 Å². The molecular formula is C14H20O2. The van der Waals surface area contributed by atoms with Crippen molar-refractivity contribution in [1.82, 2.24) is 0 Å². The van der Waals surface area contributed by atoms with Crippen molar-refractivity contribution in [3.05, 3.63) is 35.4 Å². The van der Waals surface area contributed by atoms with Crippen LogP contribution >= 0.6 is 0 Å². The molecule has 1 aromatic rings. The van der Waals surface area contributed by atoms with Crippen LogP contribution in [0.25, 0.3) is 0 Å². The van der Waals surface area contributed by atoms with E-state index in [2.05, 4.69) is 32.9 Å². The van der Waals surface area contributed by atoms with Gasteiger partial charge in [0.15, 0.2) is 6.29 Å². The van der Waals surface area contributed by atoms with Crippen molar-refractivity contribution < 1.29 is 9.47 Å². The van der Waals surface area contributed by atoms with Crippen LogP contribution in [0.15, 0.2) is 24.3 Å². The van der Waals surface area contributed by atoms with Crippen LogP contribution in [0.5, 0.6) is 0 Å². The average molecular weight is 220 g/mol. The first-order valence-corrected chi connectivity index (χ1v) is 5.85. The molecule has 0 saturated carbocycles. The summed E-state index contributed by atoms with van der Waals surface area (Å²) in [6, 6.07) is 8.31. The molecule has 88 valence electrons. The normalized spacial score (nSPS) is 23.6. The van der Waals surface area contributed by atoms with E-state index in [-0.39, 0.29) is 11.7 Å². The Morgan fingerprint density at radius 3 is 2.75 bits per heavy atom. The molecule has 0 aliphatic carbocycles. The summed E-state index contributed by atoms with van der Waals surface area (Å²) >= 11 is 0. The number of benzene rings is 1. The van der Waals surface area contributed by atoms with E-state index < -0.39 is 0 Å². The van der Waals surface area contributed by atoms with Crippen LogP contribution < -0.4 is 0 Å². The van der Waals surface area contributed by atoms with E-state index in [0.29, 0.717) is 6.61 Å². The first-order valence-electron chi connectivity index (χ1n) is 5.85. The van der Waals surface area contributed by atoms with Gasteiger partial charge in [0.1, 0.15) is 0 Å². The van der Waals surface area contributed by atoms with Gasteiger partial charge in [-0.15, -0.1) is 0 Å². The van der Waals surface area contributed by atoms with Crippen molar-refractivity contribution in [2.75, 3.05) is 6.61 Å². The fourth-order valence-electron chi connectivity index (χ4n) is 1.95. The molecule has 2 nitrogen and oxygen atoms in total. The summed E-state index contributed by atoms with van der Waals surface area (Å²) in [7, 11) is 0. The largest absolute Gasteiger partial charge is 0.352 e. The van der Waals surface area contributed by atoms with Crippen molar-refractivity contribution in [3.8, 4) is 0 Å². The maximum Gasteiger partial charge on any atom is 0.158 e. The molecule has 2 heteroatoms. The topological polar surface area (TPSA) is 18.5 Å². The number of ether oxygens (including phenoxy) is 2. The van der Waals surface area contributed by atoms with E-state index in [0.717, 1.165) is 13.0 Å². The summed E-state index contributed by atoms with van der Waals surface area (Å²) in [5.41, 5.74) is 2.78. The summed E-state index contributed by atoms with van der Waals surface area (Å²) in [6.07, 6.45) is 0.952. The summed E-state index contributed by atoms with van der Waals surface area (Å²) in [5, 5.41) is 0. The molecule has 1 unspecified atom stereocenters. The first-order chi connectivity index (χ1) is 7.57. The molecule has 0 aromatic heterocycles. The molecule has 1 aliphatic heterocycles. The van der Waals surface area contributed by atoms with E-state index in [1.165, 1.54) is 11.1 Å². The van der Waals surface area contributed by atoms with Gasteiger partial charge in [0.2, 0.25) is 0 Å². The molecule has 0 bridgehead atoms. The highest BCUT2D eigenvalue weighted by atomic mass is 16.7. The standard InChI is InChI=1S/C14H20O2/c1-11-6-4-5-7-12(11)9-15-13-8-14(2,3)10-16-13/h4-7,13H,8-10H2,1-3H3. The molecule has 1 fully saturated rings. The third-order valence-corrected chi connectivity index (χ3v) is 3.07. The minimum atomic E-state index is -0.0328. The zero-order chi connectivity index (χ0) is 11.6. The van der Waals surface area contributed by atoms with Crippen molar-refractivity contribution in [2.45, 2.75) is 40.1 Å². The number of hydrogen-bond donors (Lipinski definition) is 0. The minimum absolute atomic E-state index is 0.0328. The molecule has 0 amide bonds. The van der Waals surface area contributed by atoms with Crippen LogP contribution in [0.2, 0.25) is 0 Å². The van der Waals surface area contributed by atoms with E-state index in [1.807, 2.05) is 12.1 Å². The zero-order valence-corrected chi connectivity index (χ0v) is 10.3. The van der Waals surface area contributed by atoms with Gasteiger partial charge in [0.05, 0.1) is 13.2 Å². The molecule has 1 saturated heterocycles.